The van der Waals surface area contributed by atoms with E-state index in [1.807, 2.05) is 86.6 Å². The van der Waals surface area contributed by atoms with E-state index in [0.29, 0.717) is 11.6 Å². The van der Waals surface area contributed by atoms with Gasteiger partial charge >= 0.3 is 0 Å². The number of anilines is 2. The Morgan fingerprint density at radius 2 is 1.15 bits per heavy atom. The number of aryl methyl sites for hydroxylation is 2. The molecule has 2 heterocycles. The Hall–Kier alpha value is -3.84. The molecule has 0 spiro atoms. The predicted octanol–water partition coefficient (Wildman–Crippen LogP) is 5.78. The Morgan fingerprint density at radius 3 is 1.59 bits per heavy atom. The van der Waals surface area contributed by atoms with Crippen LogP contribution in [0.25, 0.3) is 11.4 Å². The summed E-state index contributed by atoms with van der Waals surface area (Å²) >= 11 is 3.63. The maximum absolute atomic E-state index is 6.79. The van der Waals surface area contributed by atoms with Gasteiger partial charge in [-0.1, -0.05) is 64.5 Å². The molecule has 6 nitrogen and oxygen atoms in total. The highest BCUT2D eigenvalue weighted by molar-refractivity contribution is 9.10. The largest absolute Gasteiger partial charge is 0.383 e. The van der Waals surface area contributed by atoms with E-state index in [9.17, 15) is 0 Å². The Bertz CT molecular complexity index is 1360. The Balaban J connectivity index is 1.76. The third-order valence-corrected chi connectivity index (χ3v) is 6.54. The van der Waals surface area contributed by atoms with Crippen molar-refractivity contribution in [3.05, 3.63) is 117 Å². The van der Waals surface area contributed by atoms with Crippen molar-refractivity contribution in [2.75, 3.05) is 11.5 Å². The summed E-state index contributed by atoms with van der Waals surface area (Å²) in [6.45, 7) is 3.98. The SMILES string of the molecule is Cc1nn(-c2ccccc2)c(N)c1C(c1cccc(Br)c1)c1c(C)nn(-c2ccccc2)c1N. The minimum atomic E-state index is -0.243. The van der Waals surface area contributed by atoms with Crippen molar-refractivity contribution in [1.82, 2.24) is 19.6 Å². The highest BCUT2D eigenvalue weighted by Gasteiger charge is 2.31. The number of nitrogens with two attached hydrogens (primary N) is 2. The monoisotopic (exact) mass is 512 g/mol. The molecule has 0 radical (unpaired) electrons. The molecule has 4 N–H and O–H groups in total. The van der Waals surface area contributed by atoms with Gasteiger partial charge in [0, 0.05) is 21.5 Å². The van der Waals surface area contributed by atoms with Crippen molar-refractivity contribution in [3.8, 4) is 11.4 Å². The van der Waals surface area contributed by atoms with Crippen LogP contribution < -0.4 is 11.5 Å². The first-order valence-corrected chi connectivity index (χ1v) is 11.8. The number of nitrogen functional groups attached to an aromatic ring is 2. The van der Waals surface area contributed by atoms with Crippen LogP contribution in [0.3, 0.4) is 0 Å². The first-order chi connectivity index (χ1) is 16.5. The topological polar surface area (TPSA) is 87.7 Å². The molecule has 34 heavy (non-hydrogen) atoms. The van der Waals surface area contributed by atoms with E-state index in [1.54, 1.807) is 9.36 Å². The number of halogens is 1. The maximum atomic E-state index is 6.79. The van der Waals surface area contributed by atoms with Crippen molar-refractivity contribution < 1.29 is 0 Å². The summed E-state index contributed by atoms with van der Waals surface area (Å²) in [5.74, 6) is 0.923. The van der Waals surface area contributed by atoms with E-state index in [4.69, 9.17) is 21.7 Å². The molecule has 5 aromatic rings. The third-order valence-electron chi connectivity index (χ3n) is 6.05. The summed E-state index contributed by atoms with van der Waals surface area (Å²) in [6.07, 6.45) is 0. The number of nitrogens with zero attached hydrogens (tertiary/aromatic N) is 4. The highest BCUT2D eigenvalue weighted by atomic mass is 79.9. The maximum Gasteiger partial charge on any atom is 0.131 e. The molecule has 0 bridgehead atoms. The predicted molar refractivity (Wildman–Crippen MR) is 141 cm³/mol. The van der Waals surface area contributed by atoms with Crippen molar-refractivity contribution >= 4 is 27.6 Å². The van der Waals surface area contributed by atoms with Gasteiger partial charge in [0.2, 0.25) is 0 Å². The van der Waals surface area contributed by atoms with Crippen LogP contribution >= 0.6 is 15.9 Å². The van der Waals surface area contributed by atoms with Crippen LogP contribution in [0.5, 0.6) is 0 Å². The lowest BCUT2D eigenvalue weighted by Gasteiger charge is -2.20. The quantitative estimate of drug-likeness (QED) is 0.312. The van der Waals surface area contributed by atoms with Crippen LogP contribution in [0.1, 0.15) is 34.0 Å². The molecule has 170 valence electrons. The summed E-state index contributed by atoms with van der Waals surface area (Å²) < 4.78 is 4.57. The third kappa shape index (κ3) is 3.78. The second kappa shape index (κ2) is 8.83. The Labute approximate surface area is 207 Å². The first-order valence-electron chi connectivity index (χ1n) is 11.0. The van der Waals surface area contributed by atoms with Crippen LogP contribution in [0, 0.1) is 13.8 Å². The standard InChI is InChI=1S/C27H25BrN6/c1-17-23(26(29)33(31-17)21-12-5-3-6-13-21)25(19-10-9-11-20(28)16-19)24-18(2)32-34(27(24)30)22-14-7-4-8-15-22/h3-16,25H,29-30H2,1-2H3. The van der Waals surface area contributed by atoms with Gasteiger partial charge in [-0.05, 0) is 55.8 Å². The minimum absolute atomic E-state index is 0.243. The fourth-order valence-electron chi connectivity index (χ4n) is 4.52. The van der Waals surface area contributed by atoms with Gasteiger partial charge in [0.15, 0.2) is 0 Å². The van der Waals surface area contributed by atoms with Crippen molar-refractivity contribution in [3.63, 3.8) is 0 Å². The molecule has 0 aliphatic carbocycles. The van der Waals surface area contributed by atoms with E-state index in [2.05, 4.69) is 28.1 Å². The van der Waals surface area contributed by atoms with Crippen molar-refractivity contribution in [2.24, 2.45) is 0 Å². The number of hydrogen-bond acceptors (Lipinski definition) is 4. The smallest absolute Gasteiger partial charge is 0.131 e. The normalized spacial score (nSPS) is 11.3. The zero-order valence-corrected chi connectivity index (χ0v) is 20.6. The van der Waals surface area contributed by atoms with Crippen molar-refractivity contribution in [1.29, 1.82) is 0 Å². The van der Waals surface area contributed by atoms with Crippen LogP contribution in [0.2, 0.25) is 0 Å². The summed E-state index contributed by atoms with van der Waals surface area (Å²) in [7, 11) is 0. The number of para-hydroxylation sites is 2. The lowest BCUT2D eigenvalue weighted by Crippen LogP contribution is -2.11. The fourth-order valence-corrected chi connectivity index (χ4v) is 4.94. The summed E-state index contributed by atoms with van der Waals surface area (Å²) in [5, 5.41) is 9.62. The van der Waals surface area contributed by atoms with Crippen LogP contribution in [0.4, 0.5) is 11.6 Å². The van der Waals surface area contributed by atoms with Crippen molar-refractivity contribution in [2.45, 2.75) is 19.8 Å². The van der Waals surface area contributed by atoms with Gasteiger partial charge in [0.05, 0.1) is 22.8 Å². The van der Waals surface area contributed by atoms with Crippen LogP contribution in [-0.2, 0) is 0 Å². The van der Waals surface area contributed by atoms with E-state index in [0.717, 1.165) is 43.9 Å². The molecule has 0 unspecified atom stereocenters. The molecule has 0 saturated heterocycles. The van der Waals surface area contributed by atoms with Crippen LogP contribution in [0.15, 0.2) is 89.4 Å². The molecule has 0 aliphatic rings. The molecule has 0 fully saturated rings. The summed E-state index contributed by atoms with van der Waals surface area (Å²) in [4.78, 5) is 0. The second-order valence-electron chi connectivity index (χ2n) is 8.25. The lowest BCUT2D eigenvalue weighted by molar-refractivity contribution is 0.871. The highest BCUT2D eigenvalue weighted by Crippen LogP contribution is 2.42. The van der Waals surface area contributed by atoms with Crippen LogP contribution in [-0.4, -0.2) is 19.6 Å². The molecular formula is C27H25BrN6. The lowest BCUT2D eigenvalue weighted by atomic mass is 9.84. The molecule has 2 aromatic heterocycles. The van der Waals surface area contributed by atoms with Gasteiger partial charge < -0.3 is 11.5 Å². The zero-order valence-electron chi connectivity index (χ0n) is 19.0. The number of rotatable bonds is 5. The number of benzene rings is 3. The molecule has 3 aromatic carbocycles. The molecule has 0 atom stereocenters. The second-order valence-corrected chi connectivity index (χ2v) is 9.17. The number of aromatic nitrogens is 4. The van der Waals surface area contributed by atoms with E-state index in [1.165, 1.54) is 0 Å². The van der Waals surface area contributed by atoms with Gasteiger partial charge in [-0.2, -0.15) is 10.2 Å². The average molecular weight is 513 g/mol. The average Bonchev–Trinajstić information content (AvgIpc) is 3.31. The first kappa shape index (κ1) is 22.0. The van der Waals surface area contributed by atoms with Gasteiger partial charge in [-0.3, -0.25) is 0 Å². The van der Waals surface area contributed by atoms with E-state index in [-0.39, 0.29) is 5.92 Å². The Kier molecular flexibility index (Phi) is 5.71. The Morgan fingerprint density at radius 1 is 0.676 bits per heavy atom. The summed E-state index contributed by atoms with van der Waals surface area (Å²) in [6, 6.07) is 28.0. The molecule has 0 aliphatic heterocycles. The van der Waals surface area contributed by atoms with Gasteiger partial charge in [0.25, 0.3) is 0 Å². The van der Waals surface area contributed by atoms with Gasteiger partial charge in [-0.15, -0.1) is 0 Å². The summed E-state index contributed by atoms with van der Waals surface area (Å²) in [5.41, 5.74) is 20.0. The molecule has 7 heteroatoms. The molecule has 0 saturated carbocycles. The van der Waals surface area contributed by atoms with Gasteiger partial charge in [-0.25, -0.2) is 9.36 Å². The van der Waals surface area contributed by atoms with E-state index >= 15 is 0 Å². The zero-order chi connectivity index (χ0) is 23.8. The molecular weight excluding hydrogens is 488 g/mol. The number of hydrogen-bond donors (Lipinski definition) is 2. The molecule has 0 amide bonds. The fraction of sp³-hybridized carbons (Fsp3) is 0.111. The van der Waals surface area contributed by atoms with E-state index < -0.39 is 0 Å². The minimum Gasteiger partial charge on any atom is -0.383 e. The van der Waals surface area contributed by atoms with Gasteiger partial charge in [0.1, 0.15) is 11.6 Å². The molecule has 5 rings (SSSR count).